The molecule has 17 heavy (non-hydrogen) atoms. The maximum Gasteiger partial charge on any atom is 0.241 e. The van der Waals surface area contributed by atoms with Crippen molar-refractivity contribution >= 4 is 22.9 Å². The van der Waals surface area contributed by atoms with Gasteiger partial charge in [-0.05, 0) is 36.8 Å². The standard InChI is InChI=1S/C13H14N2O2/c1-8-10-7-9(17-2)3-4-12(10)15-11(8)5-6-13(14)16/h3-7,15H,1-2H3,(H2,14,16)/b6-5+. The lowest BCUT2D eigenvalue weighted by molar-refractivity contribution is -0.113. The number of fused-ring (bicyclic) bond motifs is 1. The highest BCUT2D eigenvalue weighted by molar-refractivity contribution is 5.93. The number of nitrogens with one attached hydrogen (secondary N) is 1. The van der Waals surface area contributed by atoms with Crippen LogP contribution in [-0.2, 0) is 4.79 Å². The Balaban J connectivity index is 2.53. The zero-order valence-corrected chi connectivity index (χ0v) is 9.78. The van der Waals surface area contributed by atoms with Crippen LogP contribution in [0.4, 0.5) is 0 Å². The molecule has 1 aromatic carbocycles. The van der Waals surface area contributed by atoms with Crippen molar-refractivity contribution < 1.29 is 9.53 Å². The third kappa shape index (κ3) is 2.15. The van der Waals surface area contributed by atoms with Crippen molar-refractivity contribution in [1.82, 2.24) is 4.98 Å². The summed E-state index contributed by atoms with van der Waals surface area (Å²) in [7, 11) is 1.64. The van der Waals surface area contributed by atoms with Gasteiger partial charge in [-0.15, -0.1) is 0 Å². The Hall–Kier alpha value is -2.23. The SMILES string of the molecule is COc1ccc2[nH]c(/C=C/C(N)=O)c(C)c2c1. The van der Waals surface area contributed by atoms with Crippen molar-refractivity contribution in [3.63, 3.8) is 0 Å². The molecule has 0 aliphatic carbocycles. The molecule has 0 aliphatic rings. The minimum absolute atomic E-state index is 0.458. The molecule has 0 unspecified atom stereocenters. The largest absolute Gasteiger partial charge is 0.497 e. The molecule has 3 N–H and O–H groups in total. The maximum atomic E-state index is 10.7. The van der Waals surface area contributed by atoms with Crippen LogP contribution in [-0.4, -0.2) is 18.0 Å². The normalized spacial score (nSPS) is 11.2. The summed E-state index contributed by atoms with van der Waals surface area (Å²) >= 11 is 0. The smallest absolute Gasteiger partial charge is 0.241 e. The number of hydrogen-bond acceptors (Lipinski definition) is 2. The van der Waals surface area contributed by atoms with Crippen LogP contribution in [0.15, 0.2) is 24.3 Å². The number of H-pyrrole nitrogens is 1. The number of primary amides is 1. The number of hydrogen-bond donors (Lipinski definition) is 2. The van der Waals surface area contributed by atoms with E-state index < -0.39 is 5.91 Å². The molecule has 0 bridgehead atoms. The number of aromatic nitrogens is 1. The Morgan fingerprint density at radius 3 is 2.88 bits per heavy atom. The molecule has 4 heteroatoms. The van der Waals surface area contributed by atoms with Gasteiger partial charge in [-0.25, -0.2) is 0 Å². The van der Waals surface area contributed by atoms with Crippen LogP contribution < -0.4 is 10.5 Å². The Labute approximate surface area is 99.1 Å². The van der Waals surface area contributed by atoms with Gasteiger partial charge in [0.1, 0.15) is 5.75 Å². The topological polar surface area (TPSA) is 68.1 Å². The fourth-order valence-electron chi connectivity index (χ4n) is 1.79. The van der Waals surface area contributed by atoms with Gasteiger partial charge in [-0.1, -0.05) is 0 Å². The highest BCUT2D eigenvalue weighted by Gasteiger charge is 2.06. The molecule has 0 spiro atoms. The first-order chi connectivity index (χ1) is 8.11. The fourth-order valence-corrected chi connectivity index (χ4v) is 1.79. The zero-order chi connectivity index (χ0) is 12.4. The number of carbonyl (C=O) groups excluding carboxylic acids is 1. The maximum absolute atomic E-state index is 10.7. The van der Waals surface area contributed by atoms with Gasteiger partial charge in [0.25, 0.3) is 0 Å². The van der Waals surface area contributed by atoms with Crippen molar-refractivity contribution in [2.75, 3.05) is 7.11 Å². The number of aromatic amines is 1. The molecule has 0 atom stereocenters. The van der Waals surface area contributed by atoms with Crippen LogP contribution in [0, 0.1) is 6.92 Å². The van der Waals surface area contributed by atoms with Crippen LogP contribution in [0.1, 0.15) is 11.3 Å². The van der Waals surface area contributed by atoms with Gasteiger partial charge < -0.3 is 15.5 Å². The quantitative estimate of drug-likeness (QED) is 0.792. The van der Waals surface area contributed by atoms with Gasteiger partial charge in [0.2, 0.25) is 5.91 Å². The monoisotopic (exact) mass is 230 g/mol. The lowest BCUT2D eigenvalue weighted by Crippen LogP contribution is -2.05. The summed E-state index contributed by atoms with van der Waals surface area (Å²) in [6, 6.07) is 5.80. The van der Waals surface area contributed by atoms with Crippen LogP contribution >= 0.6 is 0 Å². The zero-order valence-electron chi connectivity index (χ0n) is 9.78. The van der Waals surface area contributed by atoms with E-state index in [-0.39, 0.29) is 0 Å². The second-order valence-corrected chi connectivity index (χ2v) is 3.81. The Morgan fingerprint density at radius 2 is 2.24 bits per heavy atom. The molecule has 1 aromatic heterocycles. The van der Waals surface area contributed by atoms with Gasteiger partial charge >= 0.3 is 0 Å². The van der Waals surface area contributed by atoms with E-state index in [4.69, 9.17) is 10.5 Å². The molecule has 2 rings (SSSR count). The van der Waals surface area contributed by atoms with Crippen molar-refractivity contribution in [3.8, 4) is 5.75 Å². The highest BCUT2D eigenvalue weighted by atomic mass is 16.5. The first-order valence-electron chi connectivity index (χ1n) is 5.25. The van der Waals surface area contributed by atoms with Gasteiger partial charge in [-0.2, -0.15) is 0 Å². The van der Waals surface area contributed by atoms with E-state index in [1.165, 1.54) is 6.08 Å². The van der Waals surface area contributed by atoms with Gasteiger partial charge in [0.15, 0.2) is 0 Å². The summed E-state index contributed by atoms with van der Waals surface area (Å²) in [6.07, 6.45) is 3.03. The lowest BCUT2D eigenvalue weighted by atomic mass is 10.1. The molecule has 0 aliphatic heterocycles. The number of benzene rings is 1. The summed E-state index contributed by atoms with van der Waals surface area (Å²) in [5, 5.41) is 1.08. The number of ether oxygens (including phenoxy) is 1. The lowest BCUT2D eigenvalue weighted by Gasteiger charge is -1.98. The third-order valence-corrected chi connectivity index (χ3v) is 2.72. The molecule has 1 heterocycles. The highest BCUT2D eigenvalue weighted by Crippen LogP contribution is 2.26. The Bertz CT molecular complexity index is 597. The second kappa shape index (κ2) is 4.33. The molecule has 4 nitrogen and oxygen atoms in total. The summed E-state index contributed by atoms with van der Waals surface area (Å²) < 4.78 is 5.18. The summed E-state index contributed by atoms with van der Waals surface area (Å²) in [4.78, 5) is 13.9. The minimum Gasteiger partial charge on any atom is -0.497 e. The molecule has 0 saturated heterocycles. The van der Waals surface area contributed by atoms with E-state index in [1.54, 1.807) is 13.2 Å². The number of carbonyl (C=O) groups is 1. The van der Waals surface area contributed by atoms with Crippen molar-refractivity contribution in [2.45, 2.75) is 6.92 Å². The van der Waals surface area contributed by atoms with E-state index in [0.29, 0.717) is 0 Å². The summed E-state index contributed by atoms with van der Waals surface area (Å²) in [5.74, 6) is 0.352. The third-order valence-electron chi connectivity index (χ3n) is 2.72. The van der Waals surface area contributed by atoms with Crippen molar-refractivity contribution in [2.24, 2.45) is 5.73 Å². The first kappa shape index (κ1) is 11.3. The van der Waals surface area contributed by atoms with E-state index in [9.17, 15) is 4.79 Å². The average molecular weight is 230 g/mol. The number of rotatable bonds is 3. The predicted octanol–water partition coefficient (Wildman–Crippen LogP) is 1.98. The molecule has 2 aromatic rings. The molecule has 0 fully saturated rings. The van der Waals surface area contributed by atoms with Gasteiger partial charge in [0.05, 0.1) is 7.11 Å². The van der Waals surface area contributed by atoms with Gasteiger partial charge in [0, 0.05) is 22.7 Å². The molecule has 0 saturated carbocycles. The summed E-state index contributed by atoms with van der Waals surface area (Å²) in [5.41, 5.74) is 8.03. The van der Waals surface area contributed by atoms with Crippen molar-refractivity contribution in [1.29, 1.82) is 0 Å². The molecular formula is C13H14N2O2. The van der Waals surface area contributed by atoms with Crippen molar-refractivity contribution in [3.05, 3.63) is 35.5 Å². The van der Waals surface area contributed by atoms with Crippen LogP contribution in [0.2, 0.25) is 0 Å². The van der Waals surface area contributed by atoms with Crippen LogP contribution in [0.25, 0.3) is 17.0 Å². The Kier molecular flexibility index (Phi) is 2.87. The molecule has 1 amide bonds. The number of amides is 1. The van der Waals surface area contributed by atoms with Gasteiger partial charge in [-0.3, -0.25) is 4.79 Å². The van der Waals surface area contributed by atoms with E-state index >= 15 is 0 Å². The Morgan fingerprint density at radius 1 is 1.47 bits per heavy atom. The molecular weight excluding hydrogens is 216 g/mol. The number of nitrogens with two attached hydrogens (primary N) is 1. The van der Waals surface area contributed by atoms with E-state index in [2.05, 4.69) is 4.98 Å². The van der Waals surface area contributed by atoms with Crippen LogP contribution in [0.3, 0.4) is 0 Å². The first-order valence-corrected chi connectivity index (χ1v) is 5.25. The summed E-state index contributed by atoms with van der Waals surface area (Å²) in [6.45, 7) is 1.99. The van der Waals surface area contributed by atoms with E-state index in [0.717, 1.165) is 27.9 Å². The molecule has 0 radical (unpaired) electrons. The van der Waals surface area contributed by atoms with E-state index in [1.807, 2.05) is 25.1 Å². The molecule has 88 valence electrons. The average Bonchev–Trinajstić information content (AvgIpc) is 2.63. The second-order valence-electron chi connectivity index (χ2n) is 3.81. The fraction of sp³-hybridized carbons (Fsp3) is 0.154. The number of methoxy groups -OCH3 is 1. The number of aryl methyl sites for hydroxylation is 1. The van der Waals surface area contributed by atoms with Crippen LogP contribution in [0.5, 0.6) is 5.75 Å². The minimum atomic E-state index is -0.458. The predicted molar refractivity (Wildman–Crippen MR) is 67.8 cm³/mol.